The van der Waals surface area contributed by atoms with Crippen molar-refractivity contribution in [2.45, 2.75) is 6.92 Å². The Morgan fingerprint density at radius 1 is 1.55 bits per heavy atom. The lowest BCUT2D eigenvalue weighted by Gasteiger charge is -1.99. The topological polar surface area (TPSA) is 23.8 Å². The third kappa shape index (κ3) is 1.51. The molecular weight excluding hydrogens is 256 g/mol. The molecule has 0 amide bonds. The van der Waals surface area contributed by atoms with Crippen molar-refractivity contribution in [3.05, 3.63) is 32.6 Å². The van der Waals surface area contributed by atoms with Crippen molar-refractivity contribution < 1.29 is 4.39 Å². The van der Waals surface area contributed by atoms with Gasteiger partial charge in [0.1, 0.15) is 11.9 Å². The van der Waals surface area contributed by atoms with Gasteiger partial charge in [0.2, 0.25) is 0 Å². The van der Waals surface area contributed by atoms with E-state index in [0.29, 0.717) is 11.1 Å². The molecule has 1 aromatic rings. The van der Waals surface area contributed by atoms with Crippen LogP contribution in [0.5, 0.6) is 0 Å². The lowest BCUT2D eigenvalue weighted by molar-refractivity contribution is 0.617. The summed E-state index contributed by atoms with van der Waals surface area (Å²) in [6, 6.07) is 4.93. The summed E-state index contributed by atoms with van der Waals surface area (Å²) in [5.41, 5.74) is 0.866. The second kappa shape index (κ2) is 3.18. The minimum absolute atomic E-state index is 0.318. The SMILES string of the molecule is Cc1c(F)ccc(I)c1C#N. The zero-order chi connectivity index (χ0) is 8.43. The van der Waals surface area contributed by atoms with E-state index in [4.69, 9.17) is 5.26 Å². The fraction of sp³-hybridized carbons (Fsp3) is 0.125. The van der Waals surface area contributed by atoms with Crippen molar-refractivity contribution in [1.82, 2.24) is 0 Å². The molecule has 0 heterocycles. The van der Waals surface area contributed by atoms with Gasteiger partial charge in [-0.3, -0.25) is 0 Å². The van der Waals surface area contributed by atoms with Crippen LogP contribution in [0.15, 0.2) is 12.1 Å². The number of benzene rings is 1. The molecule has 0 unspecified atom stereocenters. The Labute approximate surface area is 78.0 Å². The van der Waals surface area contributed by atoms with Crippen LogP contribution in [0.1, 0.15) is 11.1 Å². The molecule has 0 spiro atoms. The van der Waals surface area contributed by atoms with Crippen molar-refractivity contribution in [1.29, 1.82) is 5.26 Å². The van der Waals surface area contributed by atoms with Crippen LogP contribution in [-0.4, -0.2) is 0 Å². The summed E-state index contributed by atoms with van der Waals surface area (Å²) >= 11 is 2.01. The number of nitrogens with zero attached hydrogens (tertiary/aromatic N) is 1. The van der Waals surface area contributed by atoms with Crippen LogP contribution in [0.25, 0.3) is 0 Å². The number of nitriles is 1. The molecule has 0 aliphatic heterocycles. The van der Waals surface area contributed by atoms with Gasteiger partial charge in [0.25, 0.3) is 0 Å². The van der Waals surface area contributed by atoms with E-state index in [-0.39, 0.29) is 5.82 Å². The Morgan fingerprint density at radius 3 is 2.64 bits per heavy atom. The van der Waals surface area contributed by atoms with E-state index in [1.807, 2.05) is 28.7 Å². The van der Waals surface area contributed by atoms with Crippen LogP contribution in [-0.2, 0) is 0 Å². The summed E-state index contributed by atoms with van der Waals surface area (Å²) in [4.78, 5) is 0. The van der Waals surface area contributed by atoms with Gasteiger partial charge in [-0.05, 0) is 41.6 Å². The van der Waals surface area contributed by atoms with Gasteiger partial charge in [-0.25, -0.2) is 4.39 Å². The Hall–Kier alpha value is -0.630. The largest absolute Gasteiger partial charge is 0.207 e. The van der Waals surface area contributed by atoms with Gasteiger partial charge >= 0.3 is 0 Å². The van der Waals surface area contributed by atoms with E-state index in [9.17, 15) is 4.39 Å². The lowest BCUT2D eigenvalue weighted by Crippen LogP contribution is -1.90. The minimum Gasteiger partial charge on any atom is -0.207 e. The number of hydrogen-bond donors (Lipinski definition) is 0. The Morgan fingerprint density at radius 2 is 2.18 bits per heavy atom. The van der Waals surface area contributed by atoms with Gasteiger partial charge in [0.05, 0.1) is 5.56 Å². The van der Waals surface area contributed by atoms with Crippen LogP contribution >= 0.6 is 22.6 Å². The van der Waals surface area contributed by atoms with Crippen molar-refractivity contribution >= 4 is 22.6 Å². The number of halogens is 2. The van der Waals surface area contributed by atoms with E-state index in [1.54, 1.807) is 13.0 Å². The summed E-state index contributed by atoms with van der Waals surface area (Å²) in [5.74, 6) is -0.318. The quantitative estimate of drug-likeness (QED) is 0.658. The minimum atomic E-state index is -0.318. The van der Waals surface area contributed by atoms with Crippen molar-refractivity contribution in [2.75, 3.05) is 0 Å². The van der Waals surface area contributed by atoms with Crippen LogP contribution in [0.3, 0.4) is 0 Å². The molecule has 0 aromatic heterocycles. The average molecular weight is 261 g/mol. The van der Waals surface area contributed by atoms with Crippen LogP contribution < -0.4 is 0 Å². The molecule has 1 rings (SSSR count). The summed E-state index contributed by atoms with van der Waals surface area (Å²) in [5, 5.41) is 8.60. The van der Waals surface area contributed by atoms with Crippen LogP contribution in [0.4, 0.5) is 4.39 Å². The van der Waals surface area contributed by atoms with Gasteiger partial charge < -0.3 is 0 Å². The first kappa shape index (κ1) is 8.47. The molecule has 0 N–H and O–H groups in total. The molecule has 0 saturated heterocycles. The maximum atomic E-state index is 12.8. The Bertz CT molecular complexity index is 328. The normalized spacial score (nSPS) is 9.27. The second-order valence-electron chi connectivity index (χ2n) is 2.14. The summed E-state index contributed by atoms with van der Waals surface area (Å²) in [6.07, 6.45) is 0. The Kier molecular flexibility index (Phi) is 2.45. The van der Waals surface area contributed by atoms with Gasteiger partial charge in [0.15, 0.2) is 0 Å². The first-order valence-corrected chi connectivity index (χ1v) is 4.09. The molecule has 11 heavy (non-hydrogen) atoms. The van der Waals surface area contributed by atoms with E-state index >= 15 is 0 Å². The highest BCUT2D eigenvalue weighted by atomic mass is 127. The second-order valence-corrected chi connectivity index (χ2v) is 3.30. The first-order valence-electron chi connectivity index (χ1n) is 3.01. The molecule has 0 bridgehead atoms. The van der Waals surface area contributed by atoms with Crippen molar-refractivity contribution in [2.24, 2.45) is 0 Å². The predicted octanol–water partition coefficient (Wildman–Crippen LogP) is 2.61. The first-order chi connectivity index (χ1) is 5.16. The summed E-state index contributed by atoms with van der Waals surface area (Å²) in [6.45, 7) is 1.61. The van der Waals surface area contributed by atoms with Gasteiger partial charge in [-0.15, -0.1) is 0 Å². The standard InChI is InChI=1S/C8H5FIN/c1-5-6(4-11)8(10)3-2-7(5)9/h2-3H,1H3. The van der Waals surface area contributed by atoms with E-state index < -0.39 is 0 Å². The predicted molar refractivity (Wildman–Crippen MR) is 48.6 cm³/mol. The molecule has 0 atom stereocenters. The van der Waals surface area contributed by atoms with Crippen LogP contribution in [0, 0.1) is 27.6 Å². The van der Waals surface area contributed by atoms with Crippen LogP contribution in [0.2, 0.25) is 0 Å². The van der Waals surface area contributed by atoms with Crippen molar-refractivity contribution in [3.8, 4) is 6.07 Å². The zero-order valence-electron chi connectivity index (χ0n) is 5.86. The molecule has 1 nitrogen and oxygen atoms in total. The average Bonchev–Trinajstić information content (AvgIpc) is 1.99. The highest BCUT2D eigenvalue weighted by molar-refractivity contribution is 14.1. The zero-order valence-corrected chi connectivity index (χ0v) is 8.02. The highest BCUT2D eigenvalue weighted by Crippen LogP contribution is 2.17. The fourth-order valence-corrected chi connectivity index (χ4v) is 1.50. The molecule has 56 valence electrons. The third-order valence-corrected chi connectivity index (χ3v) is 2.36. The molecule has 0 aliphatic carbocycles. The highest BCUT2D eigenvalue weighted by Gasteiger charge is 2.06. The molecule has 0 aliphatic rings. The molecule has 1 aromatic carbocycles. The number of rotatable bonds is 0. The van der Waals surface area contributed by atoms with E-state index in [0.717, 1.165) is 3.57 Å². The third-order valence-electron chi connectivity index (χ3n) is 1.46. The fourth-order valence-electron chi connectivity index (χ4n) is 0.790. The monoisotopic (exact) mass is 261 g/mol. The van der Waals surface area contributed by atoms with Gasteiger partial charge in [-0.2, -0.15) is 5.26 Å². The van der Waals surface area contributed by atoms with E-state index in [2.05, 4.69) is 0 Å². The van der Waals surface area contributed by atoms with Gasteiger partial charge in [-0.1, -0.05) is 0 Å². The number of hydrogen-bond acceptors (Lipinski definition) is 1. The van der Waals surface area contributed by atoms with E-state index in [1.165, 1.54) is 6.07 Å². The summed E-state index contributed by atoms with van der Waals surface area (Å²) in [7, 11) is 0. The maximum absolute atomic E-state index is 12.8. The molecule has 3 heteroatoms. The maximum Gasteiger partial charge on any atom is 0.127 e. The van der Waals surface area contributed by atoms with Crippen molar-refractivity contribution in [3.63, 3.8) is 0 Å². The smallest absolute Gasteiger partial charge is 0.127 e. The summed E-state index contributed by atoms with van der Waals surface area (Å²) < 4.78 is 13.6. The van der Waals surface area contributed by atoms with Gasteiger partial charge in [0, 0.05) is 9.13 Å². The Balaban J connectivity index is 3.44. The molecular formula is C8H5FIN. The molecule has 0 radical (unpaired) electrons. The molecule has 0 saturated carbocycles. The molecule has 0 fully saturated rings. The lowest BCUT2D eigenvalue weighted by atomic mass is 10.1.